The van der Waals surface area contributed by atoms with Crippen molar-refractivity contribution in [2.75, 3.05) is 13.1 Å². The van der Waals surface area contributed by atoms with Gasteiger partial charge in [0.15, 0.2) is 11.9 Å². The molecule has 1 N–H and O–H groups in total. The van der Waals surface area contributed by atoms with Crippen LogP contribution in [-0.4, -0.2) is 56.4 Å². The smallest absolute Gasteiger partial charge is 0.407 e. The van der Waals surface area contributed by atoms with Crippen LogP contribution in [-0.2, 0) is 0 Å². The molecule has 0 aliphatic carbocycles. The fraction of sp³-hybridized carbons (Fsp3) is 0.412. The molecule has 1 fully saturated rings. The van der Waals surface area contributed by atoms with Crippen molar-refractivity contribution in [2.45, 2.75) is 32.5 Å². The number of carboxylic acid groups (broad SMARTS) is 1. The molecular weight excluding hydrogens is 343 g/mol. The van der Waals surface area contributed by atoms with E-state index in [-0.39, 0.29) is 25.4 Å². The Labute approximate surface area is 149 Å². The van der Waals surface area contributed by atoms with Crippen molar-refractivity contribution in [3.8, 4) is 17.5 Å². The van der Waals surface area contributed by atoms with E-state index in [9.17, 15) is 9.18 Å². The number of nitrogens with zero attached hydrogens (tertiary/aromatic N) is 4. The van der Waals surface area contributed by atoms with Crippen molar-refractivity contribution in [3.05, 3.63) is 35.9 Å². The number of amides is 1. The molecule has 2 unspecified atom stereocenters. The van der Waals surface area contributed by atoms with Crippen LogP contribution in [0.25, 0.3) is 0 Å². The second kappa shape index (κ2) is 7.51. The number of likely N-dealkylation sites (tertiary alicyclic amines) is 1. The SMILES string of the molecule is Cc1ncccc1Oc1ncnc(OC2CCN(C(=O)O)CC2F)c1C. The molecule has 8 nitrogen and oxygen atoms in total. The Morgan fingerprint density at radius 3 is 2.77 bits per heavy atom. The number of alkyl halides is 1. The number of aromatic nitrogens is 3. The molecular formula is C17H19FN4O4. The van der Waals surface area contributed by atoms with Crippen LogP contribution in [0.1, 0.15) is 17.7 Å². The Morgan fingerprint density at radius 1 is 1.31 bits per heavy atom. The zero-order chi connectivity index (χ0) is 18.7. The van der Waals surface area contributed by atoms with Crippen molar-refractivity contribution in [1.29, 1.82) is 0 Å². The average molecular weight is 362 g/mol. The van der Waals surface area contributed by atoms with E-state index in [1.54, 1.807) is 25.3 Å². The van der Waals surface area contributed by atoms with Crippen LogP contribution < -0.4 is 9.47 Å². The van der Waals surface area contributed by atoms with Crippen molar-refractivity contribution in [3.63, 3.8) is 0 Å². The second-order valence-corrected chi connectivity index (χ2v) is 5.99. The number of aryl methyl sites for hydroxylation is 1. The van der Waals surface area contributed by atoms with Gasteiger partial charge in [0, 0.05) is 19.2 Å². The van der Waals surface area contributed by atoms with E-state index in [0.29, 0.717) is 22.9 Å². The Kier molecular flexibility index (Phi) is 5.15. The fourth-order valence-corrected chi connectivity index (χ4v) is 2.66. The fourth-order valence-electron chi connectivity index (χ4n) is 2.66. The summed E-state index contributed by atoms with van der Waals surface area (Å²) >= 11 is 0. The molecule has 138 valence electrons. The zero-order valence-corrected chi connectivity index (χ0v) is 14.4. The molecule has 26 heavy (non-hydrogen) atoms. The van der Waals surface area contributed by atoms with Crippen molar-refractivity contribution in [1.82, 2.24) is 19.9 Å². The largest absolute Gasteiger partial charge is 0.471 e. The van der Waals surface area contributed by atoms with Crippen LogP contribution in [0.2, 0.25) is 0 Å². The van der Waals surface area contributed by atoms with Gasteiger partial charge in [0.05, 0.1) is 17.8 Å². The van der Waals surface area contributed by atoms with Gasteiger partial charge in [-0.05, 0) is 26.0 Å². The number of ether oxygens (including phenoxy) is 2. The van der Waals surface area contributed by atoms with Crippen molar-refractivity contribution < 1.29 is 23.8 Å². The molecule has 2 aromatic rings. The van der Waals surface area contributed by atoms with E-state index in [2.05, 4.69) is 15.0 Å². The second-order valence-electron chi connectivity index (χ2n) is 5.99. The number of hydrogen-bond acceptors (Lipinski definition) is 6. The summed E-state index contributed by atoms with van der Waals surface area (Å²) in [5.41, 5.74) is 1.24. The monoisotopic (exact) mass is 362 g/mol. The van der Waals surface area contributed by atoms with Crippen LogP contribution in [0.3, 0.4) is 0 Å². The van der Waals surface area contributed by atoms with Gasteiger partial charge in [-0.3, -0.25) is 4.98 Å². The summed E-state index contributed by atoms with van der Waals surface area (Å²) in [4.78, 5) is 24.3. The highest BCUT2D eigenvalue weighted by atomic mass is 19.1. The highest BCUT2D eigenvalue weighted by Crippen LogP contribution is 2.30. The summed E-state index contributed by atoms with van der Waals surface area (Å²) in [7, 11) is 0. The van der Waals surface area contributed by atoms with E-state index in [1.165, 1.54) is 6.33 Å². The minimum atomic E-state index is -1.43. The third-order valence-corrected chi connectivity index (χ3v) is 4.17. The number of rotatable bonds is 4. The molecule has 9 heteroatoms. The molecule has 2 aromatic heterocycles. The average Bonchev–Trinajstić information content (AvgIpc) is 2.61. The maximum absolute atomic E-state index is 14.3. The first-order valence-electron chi connectivity index (χ1n) is 8.15. The van der Waals surface area contributed by atoms with Crippen LogP contribution in [0, 0.1) is 13.8 Å². The molecule has 1 aliphatic heterocycles. The lowest BCUT2D eigenvalue weighted by atomic mass is 10.1. The Morgan fingerprint density at radius 2 is 2.08 bits per heavy atom. The highest BCUT2D eigenvalue weighted by molar-refractivity contribution is 5.65. The third-order valence-electron chi connectivity index (χ3n) is 4.17. The van der Waals surface area contributed by atoms with Gasteiger partial charge in [0.1, 0.15) is 12.4 Å². The van der Waals surface area contributed by atoms with Crippen LogP contribution >= 0.6 is 0 Å². The van der Waals surface area contributed by atoms with Gasteiger partial charge in [-0.25, -0.2) is 19.2 Å². The summed E-state index contributed by atoms with van der Waals surface area (Å²) in [6.07, 6.45) is -0.148. The minimum absolute atomic E-state index is 0.211. The van der Waals surface area contributed by atoms with E-state index >= 15 is 0 Å². The summed E-state index contributed by atoms with van der Waals surface area (Å²) in [6.45, 7) is 3.52. The third kappa shape index (κ3) is 3.81. The first-order valence-corrected chi connectivity index (χ1v) is 8.15. The zero-order valence-electron chi connectivity index (χ0n) is 14.4. The topological polar surface area (TPSA) is 97.7 Å². The normalized spacial score (nSPS) is 19.9. The number of piperidine rings is 1. The van der Waals surface area contributed by atoms with Gasteiger partial charge in [0.2, 0.25) is 11.8 Å². The van der Waals surface area contributed by atoms with E-state index in [0.717, 1.165) is 4.90 Å². The maximum Gasteiger partial charge on any atom is 0.407 e. The van der Waals surface area contributed by atoms with Gasteiger partial charge in [-0.2, -0.15) is 0 Å². The molecule has 0 aromatic carbocycles. The summed E-state index contributed by atoms with van der Waals surface area (Å²) in [5.74, 6) is 1.07. The predicted octanol–water partition coefficient (Wildman–Crippen LogP) is 2.75. The highest BCUT2D eigenvalue weighted by Gasteiger charge is 2.33. The van der Waals surface area contributed by atoms with Gasteiger partial charge >= 0.3 is 6.09 Å². The summed E-state index contributed by atoms with van der Waals surface area (Å²) in [5, 5.41) is 8.95. The quantitative estimate of drug-likeness (QED) is 0.893. The first-order chi connectivity index (χ1) is 12.5. The molecule has 1 saturated heterocycles. The molecule has 0 saturated carbocycles. The molecule has 1 amide bonds. The number of halogens is 1. The molecule has 2 atom stereocenters. The maximum atomic E-state index is 14.3. The van der Waals surface area contributed by atoms with E-state index in [4.69, 9.17) is 14.6 Å². The van der Waals surface area contributed by atoms with Crippen LogP contribution in [0.15, 0.2) is 24.7 Å². The van der Waals surface area contributed by atoms with Gasteiger partial charge in [-0.1, -0.05) is 0 Å². The molecule has 0 bridgehead atoms. The number of hydrogen-bond donors (Lipinski definition) is 1. The standard InChI is InChI=1S/C17H19FN4O4/c1-10-15(25-13-4-3-6-19-11(13)2)20-9-21-16(10)26-14-5-7-22(17(23)24)8-12(14)18/h3-4,6,9,12,14H,5,7-8H2,1-2H3,(H,23,24). The number of carbonyl (C=O) groups is 1. The van der Waals surface area contributed by atoms with E-state index in [1.807, 2.05) is 6.92 Å². The van der Waals surface area contributed by atoms with Gasteiger partial charge in [-0.15, -0.1) is 0 Å². The molecule has 3 heterocycles. The van der Waals surface area contributed by atoms with Crippen LogP contribution in [0.4, 0.5) is 9.18 Å². The van der Waals surface area contributed by atoms with Crippen molar-refractivity contribution in [2.24, 2.45) is 0 Å². The molecule has 1 aliphatic rings. The lowest BCUT2D eigenvalue weighted by molar-refractivity contribution is 0.0220. The number of pyridine rings is 1. The minimum Gasteiger partial charge on any atom is -0.471 e. The first kappa shape index (κ1) is 17.8. The van der Waals surface area contributed by atoms with E-state index < -0.39 is 18.4 Å². The molecule has 0 spiro atoms. The lowest BCUT2D eigenvalue weighted by Crippen LogP contribution is -2.48. The summed E-state index contributed by atoms with van der Waals surface area (Å²) in [6, 6.07) is 3.52. The van der Waals surface area contributed by atoms with Gasteiger partial charge in [0.25, 0.3) is 0 Å². The lowest BCUT2D eigenvalue weighted by Gasteiger charge is -2.33. The Bertz CT molecular complexity index is 804. The predicted molar refractivity (Wildman–Crippen MR) is 89.3 cm³/mol. The van der Waals surface area contributed by atoms with Crippen LogP contribution in [0.5, 0.6) is 17.5 Å². The molecule has 0 radical (unpaired) electrons. The van der Waals surface area contributed by atoms with Gasteiger partial charge < -0.3 is 19.5 Å². The molecule has 3 rings (SSSR count). The van der Waals surface area contributed by atoms with Crippen molar-refractivity contribution >= 4 is 6.09 Å². The summed E-state index contributed by atoms with van der Waals surface area (Å²) < 4.78 is 25.7. The Balaban J connectivity index is 1.74. The Hall–Kier alpha value is -2.97.